The molecule has 1 aromatic carbocycles. The number of hydrogen-bond acceptors (Lipinski definition) is 6. The Kier molecular flexibility index (Phi) is 8.56. The molecule has 4 aliphatic carbocycles. The van der Waals surface area contributed by atoms with Crippen LogP contribution in [-0.2, 0) is 21.5 Å². The smallest absolute Gasteiger partial charge is 0.388 e. The van der Waals surface area contributed by atoms with E-state index in [1.54, 1.807) is 19.2 Å². The highest BCUT2D eigenvalue weighted by atomic mass is 19.3. The Bertz CT molecular complexity index is 1410. The van der Waals surface area contributed by atoms with Gasteiger partial charge in [0.25, 0.3) is 0 Å². The predicted octanol–water partition coefficient (Wildman–Crippen LogP) is 6.48. The molecule has 2 aromatic rings. The van der Waals surface area contributed by atoms with Gasteiger partial charge in [-0.2, -0.15) is 8.78 Å². The molecule has 7 rings (SSSR count). The number of benzene rings is 1. The number of likely N-dealkylation sites (tertiary alicyclic amines) is 1. The maximum absolute atomic E-state index is 14.4. The van der Waals surface area contributed by atoms with Gasteiger partial charge in [0.2, 0.25) is 11.8 Å². The summed E-state index contributed by atoms with van der Waals surface area (Å²) in [5.74, 6) is -1.02. The maximum Gasteiger partial charge on any atom is 0.388 e. The number of ether oxygens (including phenoxy) is 2. The van der Waals surface area contributed by atoms with Crippen LogP contribution in [0, 0.1) is 23.2 Å². The Hall–Kier alpha value is -3.27. The summed E-state index contributed by atoms with van der Waals surface area (Å²) in [5.41, 5.74) is 2.15. The van der Waals surface area contributed by atoms with Gasteiger partial charge in [0.05, 0.1) is 13.2 Å². The molecule has 4 atom stereocenters. The van der Waals surface area contributed by atoms with Gasteiger partial charge in [0.1, 0.15) is 11.8 Å². The van der Waals surface area contributed by atoms with Crippen molar-refractivity contribution < 1.29 is 33.0 Å². The van der Waals surface area contributed by atoms with Gasteiger partial charge in [-0.25, -0.2) is 9.78 Å². The highest BCUT2D eigenvalue weighted by Crippen LogP contribution is 2.65. The molecule has 244 valence electrons. The summed E-state index contributed by atoms with van der Waals surface area (Å²) in [7, 11) is 1.63. The molecule has 1 aromatic heterocycles. The van der Waals surface area contributed by atoms with Crippen molar-refractivity contribution in [1.29, 1.82) is 0 Å². The molecule has 1 saturated heterocycles. The molecular formula is C35H45F2N3O5. The molecule has 5 fully saturated rings. The average Bonchev–Trinajstić information content (AvgIpc) is 3.30. The van der Waals surface area contributed by atoms with Crippen LogP contribution in [0.5, 0.6) is 11.6 Å². The van der Waals surface area contributed by atoms with Crippen LogP contribution in [0.3, 0.4) is 0 Å². The Labute approximate surface area is 263 Å². The van der Waals surface area contributed by atoms with Gasteiger partial charge in [-0.1, -0.05) is 52.2 Å². The molecule has 4 saturated carbocycles. The molecule has 0 spiro atoms. The summed E-state index contributed by atoms with van der Waals surface area (Å²) in [6, 6.07) is 6.86. The van der Waals surface area contributed by atoms with Crippen LogP contribution in [-0.4, -0.2) is 52.7 Å². The van der Waals surface area contributed by atoms with Gasteiger partial charge in [0, 0.05) is 41.7 Å². The van der Waals surface area contributed by atoms with Crippen molar-refractivity contribution >= 4 is 11.9 Å². The highest BCUT2D eigenvalue weighted by Gasteiger charge is 2.60. The number of nitrogens with one attached hydrogen (secondary N) is 1. The molecule has 1 amide bonds. The van der Waals surface area contributed by atoms with E-state index in [2.05, 4.69) is 22.4 Å². The van der Waals surface area contributed by atoms with Gasteiger partial charge < -0.3 is 24.8 Å². The van der Waals surface area contributed by atoms with E-state index in [1.165, 1.54) is 35.9 Å². The number of rotatable bonds is 10. The number of hydrogen-bond donors (Lipinski definition) is 2. The first-order valence-electron chi connectivity index (χ1n) is 16.3. The Balaban J connectivity index is 1.44. The fraction of sp³-hybridized carbons (Fsp3) is 0.629. The van der Waals surface area contributed by atoms with E-state index < -0.39 is 42.0 Å². The van der Waals surface area contributed by atoms with Gasteiger partial charge in [-0.05, 0) is 72.6 Å². The third-order valence-corrected chi connectivity index (χ3v) is 10.9. The minimum atomic E-state index is -3.13. The number of methoxy groups -OCH3 is 1. The molecule has 8 nitrogen and oxygen atoms in total. The fourth-order valence-electron chi connectivity index (χ4n) is 8.73. The van der Waals surface area contributed by atoms with Crippen molar-refractivity contribution in [2.45, 2.75) is 109 Å². The number of amides is 1. The van der Waals surface area contributed by atoms with E-state index in [9.17, 15) is 23.5 Å². The third-order valence-electron chi connectivity index (χ3n) is 10.9. The van der Waals surface area contributed by atoms with Crippen LogP contribution in [0.15, 0.2) is 36.5 Å². The van der Waals surface area contributed by atoms with E-state index in [0.717, 1.165) is 30.7 Å². The molecule has 2 N–H and O–H groups in total. The van der Waals surface area contributed by atoms with Crippen LogP contribution in [0.25, 0.3) is 0 Å². The van der Waals surface area contributed by atoms with E-state index in [4.69, 9.17) is 9.47 Å². The average molecular weight is 626 g/mol. The van der Waals surface area contributed by atoms with Gasteiger partial charge in [0.15, 0.2) is 0 Å². The lowest BCUT2D eigenvalue weighted by Crippen LogP contribution is -2.55. The summed E-state index contributed by atoms with van der Waals surface area (Å²) >= 11 is 0. The normalized spacial score (nSPS) is 29.7. The van der Waals surface area contributed by atoms with Crippen LogP contribution < -0.4 is 14.8 Å². The summed E-state index contributed by atoms with van der Waals surface area (Å²) < 4.78 is 38.0. The van der Waals surface area contributed by atoms with Crippen molar-refractivity contribution in [2.24, 2.45) is 23.2 Å². The number of aliphatic carboxylic acids is 1. The number of carbonyl (C=O) groups excluding carboxylic acids is 1. The Morgan fingerprint density at radius 3 is 2.42 bits per heavy atom. The van der Waals surface area contributed by atoms with Crippen molar-refractivity contribution in [3.8, 4) is 11.6 Å². The quantitative estimate of drug-likeness (QED) is 0.312. The summed E-state index contributed by atoms with van der Waals surface area (Å²) in [5, 5.41) is 14.4. The lowest BCUT2D eigenvalue weighted by molar-refractivity contribution is -0.154. The Morgan fingerprint density at radius 2 is 1.84 bits per heavy atom. The zero-order chi connectivity index (χ0) is 32.1. The number of pyridine rings is 1. The zero-order valence-corrected chi connectivity index (χ0v) is 26.6. The standard InChI is InChI=1S/C35H45F2N3O5/c1-34(2,3)26-27(39-19-22-15-23(12-13-25(22)44-4)35-16-20(17-35)18-35)28(24-11-8-14-38-30(24)45-33(36)37)40(29(26)32(42)43)31(41)21-9-6-5-7-10-21/h8,11-15,20-21,26-29,33,39H,5-7,9-10,16-19H2,1-4H3,(H,42,43)/t20?,26-,27-,28-,29-,35?/m0/s1. The number of alkyl halides is 2. The van der Waals surface area contributed by atoms with Crippen LogP contribution >= 0.6 is 0 Å². The van der Waals surface area contributed by atoms with Crippen LogP contribution in [0.1, 0.15) is 94.9 Å². The molecule has 0 unspecified atom stereocenters. The first-order valence-corrected chi connectivity index (χ1v) is 16.3. The van der Waals surface area contributed by atoms with Crippen molar-refractivity contribution in [2.75, 3.05) is 7.11 Å². The van der Waals surface area contributed by atoms with Gasteiger partial charge in [-0.15, -0.1) is 0 Å². The number of carboxylic acid groups (broad SMARTS) is 1. The largest absolute Gasteiger partial charge is 0.496 e. The molecule has 1 aliphatic heterocycles. The zero-order valence-electron chi connectivity index (χ0n) is 26.6. The fourth-order valence-corrected chi connectivity index (χ4v) is 8.73. The second-order valence-electron chi connectivity index (χ2n) is 14.7. The first kappa shape index (κ1) is 31.7. The second-order valence-corrected chi connectivity index (χ2v) is 14.7. The lowest BCUT2D eigenvalue weighted by Gasteiger charge is -2.62. The SMILES string of the molecule is COc1ccc(C23CC(C2)C3)cc1CN[C@H]1[C@H](C(C)(C)C)[C@@H](C(=O)O)N(C(=O)C2CCCCC2)[C@H]1c1cccnc1OC(F)F. The Morgan fingerprint density at radius 1 is 1.13 bits per heavy atom. The highest BCUT2D eigenvalue weighted by molar-refractivity contribution is 5.87. The molecule has 2 bridgehead atoms. The van der Waals surface area contributed by atoms with E-state index >= 15 is 0 Å². The lowest BCUT2D eigenvalue weighted by atomic mass is 9.42. The number of halogens is 2. The molecule has 0 radical (unpaired) electrons. The summed E-state index contributed by atoms with van der Waals surface area (Å²) in [6.07, 6.45) is 9.13. The topological polar surface area (TPSA) is 101 Å². The molecule has 5 aliphatic rings. The maximum atomic E-state index is 14.4. The van der Waals surface area contributed by atoms with Crippen molar-refractivity contribution in [3.05, 3.63) is 53.2 Å². The van der Waals surface area contributed by atoms with Crippen molar-refractivity contribution in [3.63, 3.8) is 0 Å². The third kappa shape index (κ3) is 5.79. The molecular weight excluding hydrogens is 580 g/mol. The van der Waals surface area contributed by atoms with Gasteiger partial charge >= 0.3 is 12.6 Å². The number of nitrogens with zero attached hydrogens (tertiary/aromatic N) is 2. The minimum Gasteiger partial charge on any atom is -0.496 e. The molecule has 45 heavy (non-hydrogen) atoms. The second kappa shape index (κ2) is 12.2. The van der Waals surface area contributed by atoms with Crippen LogP contribution in [0.4, 0.5) is 8.78 Å². The van der Waals surface area contributed by atoms with E-state index in [-0.39, 0.29) is 28.7 Å². The van der Waals surface area contributed by atoms with Crippen molar-refractivity contribution in [1.82, 2.24) is 15.2 Å². The number of carbonyl (C=O) groups is 2. The monoisotopic (exact) mass is 625 g/mol. The number of carboxylic acids is 1. The predicted molar refractivity (Wildman–Crippen MR) is 164 cm³/mol. The van der Waals surface area contributed by atoms with Crippen LogP contribution in [0.2, 0.25) is 0 Å². The minimum absolute atomic E-state index is 0.240. The summed E-state index contributed by atoms with van der Waals surface area (Å²) in [6.45, 7) is 3.12. The summed E-state index contributed by atoms with van der Waals surface area (Å²) in [4.78, 5) is 33.2. The van der Waals surface area contributed by atoms with E-state index in [1.807, 2.05) is 26.8 Å². The van der Waals surface area contributed by atoms with E-state index in [0.29, 0.717) is 25.1 Å². The number of aromatic nitrogens is 1. The molecule has 10 heteroatoms. The van der Waals surface area contributed by atoms with Gasteiger partial charge in [-0.3, -0.25) is 4.79 Å². The molecule has 2 heterocycles. The first-order chi connectivity index (χ1) is 21.4.